The lowest BCUT2D eigenvalue weighted by atomic mass is 10.2. The van der Waals surface area contributed by atoms with Crippen LogP contribution >= 0.6 is 34.8 Å². The van der Waals surface area contributed by atoms with Gasteiger partial charge in [-0.1, -0.05) is 52.1 Å². The van der Waals surface area contributed by atoms with Gasteiger partial charge in [0, 0.05) is 26.2 Å². The number of ether oxygens (including phenoxy) is 1. The zero-order chi connectivity index (χ0) is 19.8. The van der Waals surface area contributed by atoms with E-state index >= 15 is 0 Å². The SMILES string of the molecule is COC(=O)[C@@H](/C=N\OCc1ccc(Cl)cc1Cl)NC(=O)c1cccc(Cl)c1. The van der Waals surface area contributed by atoms with E-state index in [2.05, 4.69) is 15.2 Å². The Balaban J connectivity index is 2.00. The quantitative estimate of drug-likeness (QED) is 0.408. The van der Waals surface area contributed by atoms with Crippen LogP contribution in [0.4, 0.5) is 0 Å². The van der Waals surface area contributed by atoms with Crippen molar-refractivity contribution in [3.8, 4) is 0 Å². The summed E-state index contributed by atoms with van der Waals surface area (Å²) in [6, 6.07) is 10.1. The van der Waals surface area contributed by atoms with Gasteiger partial charge in [0.1, 0.15) is 6.61 Å². The molecule has 1 amide bonds. The van der Waals surface area contributed by atoms with E-state index in [0.29, 0.717) is 26.2 Å². The van der Waals surface area contributed by atoms with E-state index in [1.165, 1.54) is 13.2 Å². The van der Waals surface area contributed by atoms with E-state index in [0.717, 1.165) is 6.21 Å². The average molecular weight is 430 g/mol. The van der Waals surface area contributed by atoms with Crippen molar-refractivity contribution in [2.45, 2.75) is 12.6 Å². The van der Waals surface area contributed by atoms with Crippen LogP contribution in [-0.2, 0) is 21.0 Å². The van der Waals surface area contributed by atoms with Crippen LogP contribution in [0.1, 0.15) is 15.9 Å². The molecule has 0 aliphatic carbocycles. The van der Waals surface area contributed by atoms with Gasteiger partial charge in [0.15, 0.2) is 6.04 Å². The van der Waals surface area contributed by atoms with Crippen LogP contribution in [0.15, 0.2) is 47.6 Å². The fourth-order valence-electron chi connectivity index (χ4n) is 1.99. The highest BCUT2D eigenvalue weighted by Gasteiger charge is 2.20. The van der Waals surface area contributed by atoms with Crippen LogP contribution in [0.5, 0.6) is 0 Å². The monoisotopic (exact) mass is 428 g/mol. The first kappa shape index (κ1) is 21.0. The number of esters is 1. The van der Waals surface area contributed by atoms with Crippen LogP contribution in [0.3, 0.4) is 0 Å². The summed E-state index contributed by atoms with van der Waals surface area (Å²) >= 11 is 17.7. The van der Waals surface area contributed by atoms with Crippen molar-refractivity contribution in [1.82, 2.24) is 5.32 Å². The first-order valence-corrected chi connectivity index (χ1v) is 8.77. The molecule has 2 rings (SSSR count). The number of benzene rings is 2. The van der Waals surface area contributed by atoms with E-state index in [-0.39, 0.29) is 6.61 Å². The van der Waals surface area contributed by atoms with Crippen molar-refractivity contribution in [2.24, 2.45) is 5.16 Å². The maximum atomic E-state index is 12.2. The third kappa shape index (κ3) is 6.43. The molecule has 0 aliphatic heterocycles. The van der Waals surface area contributed by atoms with Crippen LogP contribution in [0, 0.1) is 0 Å². The Morgan fingerprint density at radius 1 is 1.15 bits per heavy atom. The standard InChI is InChI=1S/C18H15Cl3N2O4/c1-26-18(25)16(23-17(24)11-3-2-4-13(19)7-11)9-22-27-10-12-5-6-14(20)8-15(12)21/h2-9,16H,10H2,1H3,(H,23,24)/b22-9-/t16-/m1/s1. The van der Waals surface area contributed by atoms with Crippen LogP contribution in [0.25, 0.3) is 0 Å². The Kier molecular flexibility index (Phi) is 7.91. The lowest BCUT2D eigenvalue weighted by Gasteiger charge is -2.12. The van der Waals surface area contributed by atoms with Gasteiger partial charge in [0.25, 0.3) is 5.91 Å². The van der Waals surface area contributed by atoms with E-state index in [1.807, 2.05) is 0 Å². The molecule has 1 atom stereocenters. The predicted molar refractivity (Wildman–Crippen MR) is 104 cm³/mol. The Labute approximate surface area is 171 Å². The number of carbonyl (C=O) groups excluding carboxylic acids is 2. The van der Waals surface area contributed by atoms with Crippen LogP contribution in [0.2, 0.25) is 15.1 Å². The molecule has 0 radical (unpaired) electrons. The number of nitrogens with zero attached hydrogens (tertiary/aromatic N) is 1. The smallest absolute Gasteiger partial charge is 0.334 e. The van der Waals surface area contributed by atoms with Gasteiger partial charge in [0.2, 0.25) is 0 Å². The summed E-state index contributed by atoms with van der Waals surface area (Å²) in [5, 5.41) is 7.52. The minimum Gasteiger partial charge on any atom is -0.467 e. The number of nitrogens with one attached hydrogen (secondary N) is 1. The fraction of sp³-hybridized carbons (Fsp3) is 0.167. The van der Waals surface area contributed by atoms with Crippen molar-refractivity contribution >= 4 is 52.9 Å². The minimum atomic E-state index is -1.14. The molecule has 2 aromatic rings. The Morgan fingerprint density at radius 3 is 2.56 bits per heavy atom. The number of methoxy groups -OCH3 is 1. The molecule has 6 nitrogen and oxygen atoms in total. The average Bonchev–Trinajstić information content (AvgIpc) is 2.64. The van der Waals surface area contributed by atoms with Crippen molar-refractivity contribution in [3.05, 3.63) is 68.7 Å². The number of halogens is 3. The molecule has 0 bridgehead atoms. The molecule has 0 heterocycles. The van der Waals surface area contributed by atoms with Gasteiger partial charge in [-0.2, -0.15) is 0 Å². The molecule has 0 spiro atoms. The lowest BCUT2D eigenvalue weighted by molar-refractivity contribution is -0.140. The van der Waals surface area contributed by atoms with Crippen molar-refractivity contribution in [2.75, 3.05) is 7.11 Å². The van der Waals surface area contributed by atoms with Gasteiger partial charge in [0.05, 0.1) is 13.3 Å². The molecule has 0 saturated heterocycles. The second kappa shape index (κ2) is 10.2. The van der Waals surface area contributed by atoms with Gasteiger partial charge in [-0.3, -0.25) is 4.79 Å². The summed E-state index contributed by atoms with van der Waals surface area (Å²) in [6.45, 7) is 0.0582. The first-order chi connectivity index (χ1) is 12.9. The molecule has 9 heteroatoms. The molecule has 0 saturated carbocycles. The molecular weight excluding hydrogens is 415 g/mol. The zero-order valence-corrected chi connectivity index (χ0v) is 16.4. The Hall–Kier alpha value is -2.28. The van der Waals surface area contributed by atoms with E-state index in [1.54, 1.807) is 36.4 Å². The molecule has 0 fully saturated rings. The van der Waals surface area contributed by atoms with E-state index < -0.39 is 17.9 Å². The Morgan fingerprint density at radius 2 is 1.89 bits per heavy atom. The summed E-state index contributed by atoms with van der Waals surface area (Å²) in [6.07, 6.45) is 1.12. The molecule has 27 heavy (non-hydrogen) atoms. The number of hydrogen-bond donors (Lipinski definition) is 1. The highest BCUT2D eigenvalue weighted by atomic mass is 35.5. The topological polar surface area (TPSA) is 77.0 Å². The number of oxime groups is 1. The molecular formula is C18H15Cl3N2O4. The van der Waals surface area contributed by atoms with Gasteiger partial charge in [-0.25, -0.2) is 4.79 Å². The second-order valence-electron chi connectivity index (χ2n) is 5.25. The molecule has 142 valence electrons. The fourth-order valence-corrected chi connectivity index (χ4v) is 2.64. The molecule has 0 unspecified atom stereocenters. The van der Waals surface area contributed by atoms with Crippen LogP contribution < -0.4 is 5.32 Å². The van der Waals surface area contributed by atoms with E-state index in [4.69, 9.17) is 39.6 Å². The van der Waals surface area contributed by atoms with Gasteiger partial charge < -0.3 is 14.9 Å². The number of carbonyl (C=O) groups is 2. The largest absolute Gasteiger partial charge is 0.467 e. The van der Waals surface area contributed by atoms with Crippen LogP contribution in [-0.4, -0.2) is 31.2 Å². The van der Waals surface area contributed by atoms with E-state index in [9.17, 15) is 9.59 Å². The van der Waals surface area contributed by atoms with Gasteiger partial charge >= 0.3 is 5.97 Å². The molecule has 0 aliphatic rings. The first-order valence-electron chi connectivity index (χ1n) is 7.64. The number of rotatable bonds is 7. The van der Waals surface area contributed by atoms with Crippen molar-refractivity contribution in [1.29, 1.82) is 0 Å². The Bertz CT molecular complexity index is 858. The van der Waals surface area contributed by atoms with Crippen molar-refractivity contribution < 1.29 is 19.2 Å². The maximum Gasteiger partial charge on any atom is 0.334 e. The number of amides is 1. The van der Waals surface area contributed by atoms with Crippen molar-refractivity contribution in [3.63, 3.8) is 0 Å². The highest BCUT2D eigenvalue weighted by Crippen LogP contribution is 2.21. The minimum absolute atomic E-state index is 0.0582. The summed E-state index contributed by atoms with van der Waals surface area (Å²) in [7, 11) is 1.20. The summed E-state index contributed by atoms with van der Waals surface area (Å²) in [5.74, 6) is -1.22. The third-order valence-corrected chi connectivity index (χ3v) is 4.17. The summed E-state index contributed by atoms with van der Waals surface area (Å²) in [5.41, 5.74) is 0.953. The number of hydrogen-bond acceptors (Lipinski definition) is 5. The highest BCUT2D eigenvalue weighted by molar-refractivity contribution is 6.35. The lowest BCUT2D eigenvalue weighted by Crippen LogP contribution is -2.42. The zero-order valence-electron chi connectivity index (χ0n) is 14.1. The van der Waals surface area contributed by atoms with Gasteiger partial charge in [-0.05, 0) is 30.3 Å². The normalized spacial score (nSPS) is 11.9. The summed E-state index contributed by atoms with van der Waals surface area (Å²) in [4.78, 5) is 29.2. The third-order valence-electron chi connectivity index (χ3n) is 3.35. The summed E-state index contributed by atoms with van der Waals surface area (Å²) < 4.78 is 4.66. The molecule has 2 aromatic carbocycles. The molecule has 0 aromatic heterocycles. The second-order valence-corrected chi connectivity index (χ2v) is 6.53. The van der Waals surface area contributed by atoms with Gasteiger partial charge in [-0.15, -0.1) is 0 Å². The maximum absolute atomic E-state index is 12.2. The predicted octanol–water partition coefficient (Wildman–Crippen LogP) is 4.12. The molecule has 1 N–H and O–H groups in total.